The minimum atomic E-state index is -0.240. The van der Waals surface area contributed by atoms with Crippen LogP contribution in [0.2, 0.25) is 0 Å². The molecule has 0 saturated carbocycles. The predicted octanol–water partition coefficient (Wildman–Crippen LogP) is 2.64. The van der Waals surface area contributed by atoms with Gasteiger partial charge in [0.1, 0.15) is 5.69 Å². The summed E-state index contributed by atoms with van der Waals surface area (Å²) in [7, 11) is 0. The van der Waals surface area contributed by atoms with Crippen molar-refractivity contribution in [2.45, 2.75) is 45.6 Å². The van der Waals surface area contributed by atoms with E-state index in [1.807, 2.05) is 13.0 Å². The number of ether oxygens (including phenoxy) is 1. The fourth-order valence-electron chi connectivity index (χ4n) is 2.77. The number of carbonyl (C=O) groups is 2. The summed E-state index contributed by atoms with van der Waals surface area (Å²) >= 11 is 0. The molecular formula is C18H28N4O3. The Morgan fingerprint density at radius 3 is 2.76 bits per heavy atom. The van der Waals surface area contributed by atoms with Gasteiger partial charge < -0.3 is 20.3 Å². The Morgan fingerprint density at radius 1 is 1.32 bits per heavy atom. The summed E-state index contributed by atoms with van der Waals surface area (Å²) in [6, 6.07) is 3.91. The van der Waals surface area contributed by atoms with Crippen molar-refractivity contribution in [3.8, 4) is 0 Å². The van der Waals surface area contributed by atoms with Crippen molar-refractivity contribution >= 4 is 17.7 Å². The maximum Gasteiger partial charge on any atom is 0.409 e. The molecule has 0 unspecified atom stereocenters. The molecule has 0 aliphatic carbocycles. The third-order valence-electron chi connectivity index (χ3n) is 4.20. The van der Waals surface area contributed by atoms with Gasteiger partial charge in [-0.15, -0.1) is 0 Å². The average molecular weight is 348 g/mol. The molecule has 0 spiro atoms. The fourth-order valence-corrected chi connectivity index (χ4v) is 2.77. The Labute approximate surface area is 149 Å². The van der Waals surface area contributed by atoms with Crippen LogP contribution in [0.1, 0.15) is 50.0 Å². The quantitative estimate of drug-likeness (QED) is 0.740. The normalized spacial score (nSPS) is 14.9. The molecule has 1 saturated heterocycles. The number of rotatable bonds is 7. The number of hydrogen-bond donors (Lipinski definition) is 2. The predicted molar refractivity (Wildman–Crippen MR) is 96.7 cm³/mol. The number of aromatic nitrogens is 1. The van der Waals surface area contributed by atoms with E-state index in [-0.39, 0.29) is 18.0 Å². The van der Waals surface area contributed by atoms with E-state index in [4.69, 9.17) is 4.74 Å². The summed E-state index contributed by atoms with van der Waals surface area (Å²) in [5, 5.41) is 6.31. The van der Waals surface area contributed by atoms with Crippen molar-refractivity contribution in [3.63, 3.8) is 0 Å². The summed E-state index contributed by atoms with van der Waals surface area (Å²) in [5.74, 6) is -0.144. The number of piperidine rings is 1. The molecule has 0 aromatic carbocycles. The van der Waals surface area contributed by atoms with Gasteiger partial charge >= 0.3 is 6.09 Å². The monoisotopic (exact) mass is 348 g/mol. The van der Waals surface area contributed by atoms with Crippen LogP contribution in [0.3, 0.4) is 0 Å². The highest BCUT2D eigenvalue weighted by Gasteiger charge is 2.23. The van der Waals surface area contributed by atoms with E-state index < -0.39 is 0 Å². The van der Waals surface area contributed by atoms with Crippen LogP contribution in [0.25, 0.3) is 0 Å². The number of nitrogens with zero attached hydrogens (tertiary/aromatic N) is 2. The molecule has 0 bridgehead atoms. The van der Waals surface area contributed by atoms with Crippen LogP contribution >= 0.6 is 0 Å². The smallest absolute Gasteiger partial charge is 0.409 e. The lowest BCUT2D eigenvalue weighted by Crippen LogP contribution is -2.42. The molecule has 7 nitrogen and oxygen atoms in total. The van der Waals surface area contributed by atoms with Crippen molar-refractivity contribution in [2.75, 3.05) is 31.6 Å². The lowest BCUT2D eigenvalue weighted by atomic mass is 10.1. The molecule has 0 radical (unpaired) electrons. The van der Waals surface area contributed by atoms with E-state index >= 15 is 0 Å². The average Bonchev–Trinajstić information content (AvgIpc) is 2.63. The van der Waals surface area contributed by atoms with E-state index in [0.717, 1.165) is 31.4 Å². The molecule has 1 aromatic heterocycles. The molecule has 2 heterocycles. The van der Waals surface area contributed by atoms with E-state index in [1.165, 1.54) is 0 Å². The van der Waals surface area contributed by atoms with Gasteiger partial charge in [-0.05, 0) is 38.3 Å². The van der Waals surface area contributed by atoms with Gasteiger partial charge in [0.05, 0.1) is 6.61 Å². The Kier molecular flexibility index (Phi) is 7.50. The molecule has 1 aromatic rings. The van der Waals surface area contributed by atoms with Gasteiger partial charge in [-0.1, -0.05) is 13.3 Å². The highest BCUT2D eigenvalue weighted by molar-refractivity contribution is 5.93. The lowest BCUT2D eigenvalue weighted by Gasteiger charge is -2.32. The van der Waals surface area contributed by atoms with Crippen molar-refractivity contribution in [1.82, 2.24) is 15.2 Å². The summed E-state index contributed by atoms with van der Waals surface area (Å²) in [4.78, 5) is 29.7. The molecule has 2 N–H and O–H groups in total. The molecule has 2 amide bonds. The Hall–Kier alpha value is -2.31. The number of nitrogens with one attached hydrogen (secondary N) is 2. The molecule has 25 heavy (non-hydrogen) atoms. The first-order chi connectivity index (χ1) is 12.1. The zero-order valence-electron chi connectivity index (χ0n) is 15.1. The van der Waals surface area contributed by atoms with Gasteiger partial charge in [-0.2, -0.15) is 0 Å². The van der Waals surface area contributed by atoms with Crippen LogP contribution in [0.5, 0.6) is 0 Å². The topological polar surface area (TPSA) is 83.6 Å². The second-order valence-electron chi connectivity index (χ2n) is 6.14. The zero-order chi connectivity index (χ0) is 18.1. The van der Waals surface area contributed by atoms with Crippen molar-refractivity contribution < 1.29 is 14.3 Å². The first-order valence-corrected chi connectivity index (χ1v) is 9.06. The van der Waals surface area contributed by atoms with Crippen LogP contribution in [0.4, 0.5) is 10.5 Å². The number of pyridine rings is 1. The minimum absolute atomic E-state index is 0.144. The summed E-state index contributed by atoms with van der Waals surface area (Å²) < 4.78 is 5.03. The second-order valence-corrected chi connectivity index (χ2v) is 6.14. The molecule has 1 aliphatic rings. The minimum Gasteiger partial charge on any atom is -0.450 e. The summed E-state index contributed by atoms with van der Waals surface area (Å²) in [5.41, 5.74) is 1.30. The largest absolute Gasteiger partial charge is 0.450 e. The molecule has 2 rings (SSSR count). The Morgan fingerprint density at radius 2 is 2.08 bits per heavy atom. The van der Waals surface area contributed by atoms with Crippen LogP contribution in [-0.2, 0) is 4.74 Å². The van der Waals surface area contributed by atoms with Crippen LogP contribution in [0, 0.1) is 0 Å². The van der Waals surface area contributed by atoms with Gasteiger partial charge in [0.25, 0.3) is 5.91 Å². The number of anilines is 1. The molecular weight excluding hydrogens is 320 g/mol. The molecule has 1 fully saturated rings. The number of carbonyl (C=O) groups excluding carboxylic acids is 2. The van der Waals surface area contributed by atoms with Crippen LogP contribution in [0.15, 0.2) is 18.3 Å². The number of unbranched alkanes of at least 4 members (excludes halogenated alkanes) is 1. The highest BCUT2D eigenvalue weighted by Crippen LogP contribution is 2.17. The van der Waals surface area contributed by atoms with Crippen LogP contribution < -0.4 is 10.6 Å². The van der Waals surface area contributed by atoms with E-state index in [9.17, 15) is 9.59 Å². The maximum absolute atomic E-state index is 12.1. The van der Waals surface area contributed by atoms with Crippen molar-refractivity contribution in [2.24, 2.45) is 0 Å². The summed E-state index contributed by atoms with van der Waals surface area (Å²) in [6.45, 7) is 6.31. The second kappa shape index (κ2) is 9.86. The first kappa shape index (κ1) is 19.0. The Bertz CT molecular complexity index is 571. The third kappa shape index (κ3) is 5.92. The SMILES string of the molecule is CCCCNC(=O)c1cc(NC2CCN(C(=O)OCC)CC2)ccn1. The van der Waals surface area contributed by atoms with Crippen molar-refractivity contribution in [1.29, 1.82) is 0 Å². The highest BCUT2D eigenvalue weighted by atomic mass is 16.6. The first-order valence-electron chi connectivity index (χ1n) is 9.06. The maximum atomic E-state index is 12.1. The molecule has 7 heteroatoms. The van der Waals surface area contributed by atoms with E-state index in [1.54, 1.807) is 17.2 Å². The standard InChI is InChI=1S/C18H28N4O3/c1-3-5-9-20-17(23)16-13-15(6-10-19-16)21-14-7-11-22(12-8-14)18(24)25-4-2/h6,10,13-14H,3-5,7-9,11-12H2,1-2H3,(H,19,21)(H,20,23). The van der Waals surface area contributed by atoms with Crippen LogP contribution in [-0.4, -0.2) is 54.2 Å². The van der Waals surface area contributed by atoms with Crippen molar-refractivity contribution in [3.05, 3.63) is 24.0 Å². The van der Waals surface area contributed by atoms with E-state index in [2.05, 4.69) is 22.5 Å². The number of likely N-dealkylation sites (tertiary alicyclic amines) is 1. The Balaban J connectivity index is 1.84. The van der Waals surface area contributed by atoms with Gasteiger partial charge in [0.2, 0.25) is 0 Å². The molecule has 1 aliphatic heterocycles. The molecule has 0 atom stereocenters. The lowest BCUT2D eigenvalue weighted by molar-refractivity contribution is 0.0946. The fraction of sp³-hybridized carbons (Fsp3) is 0.611. The van der Waals surface area contributed by atoms with Gasteiger partial charge in [-0.25, -0.2) is 4.79 Å². The van der Waals surface area contributed by atoms with E-state index in [0.29, 0.717) is 31.9 Å². The van der Waals surface area contributed by atoms with Gasteiger partial charge in [0.15, 0.2) is 0 Å². The number of amides is 2. The number of hydrogen-bond acceptors (Lipinski definition) is 5. The third-order valence-corrected chi connectivity index (χ3v) is 4.20. The molecule has 138 valence electrons. The summed E-state index contributed by atoms with van der Waals surface area (Å²) in [6.07, 6.45) is 5.10. The van der Waals surface area contributed by atoms with Gasteiger partial charge in [-0.3, -0.25) is 9.78 Å². The van der Waals surface area contributed by atoms with Gasteiger partial charge in [0, 0.05) is 37.6 Å². The zero-order valence-corrected chi connectivity index (χ0v) is 15.1.